The highest BCUT2D eigenvalue weighted by Crippen LogP contribution is 2.13. The zero-order valence-corrected chi connectivity index (χ0v) is 15.8. The Morgan fingerprint density at radius 3 is 2.32 bits per heavy atom. The molecule has 0 saturated carbocycles. The monoisotopic (exact) mass is 407 g/mol. The molecule has 0 fully saturated rings. The zero-order chi connectivity index (χ0) is 20.5. The van der Waals surface area contributed by atoms with Gasteiger partial charge in [-0.2, -0.15) is 0 Å². The van der Waals surface area contributed by atoms with Crippen molar-refractivity contribution in [3.8, 4) is 5.75 Å². The summed E-state index contributed by atoms with van der Waals surface area (Å²) in [7, 11) is 0. The van der Waals surface area contributed by atoms with E-state index in [1.54, 1.807) is 24.3 Å². The number of nitrogens with one attached hydrogen (secondary N) is 3. The van der Waals surface area contributed by atoms with Gasteiger partial charge in [-0.15, -0.1) is 0 Å². The summed E-state index contributed by atoms with van der Waals surface area (Å²) >= 11 is 5.75. The van der Waals surface area contributed by atoms with Crippen molar-refractivity contribution in [1.82, 2.24) is 16.2 Å². The zero-order valence-electron chi connectivity index (χ0n) is 15.0. The van der Waals surface area contributed by atoms with E-state index >= 15 is 0 Å². The van der Waals surface area contributed by atoms with E-state index in [-0.39, 0.29) is 18.9 Å². The van der Waals surface area contributed by atoms with E-state index in [2.05, 4.69) is 16.2 Å². The quantitative estimate of drug-likeness (QED) is 0.613. The molecule has 28 heavy (non-hydrogen) atoms. The first-order valence-corrected chi connectivity index (χ1v) is 8.77. The van der Waals surface area contributed by atoms with Crippen LogP contribution in [0.4, 0.5) is 4.39 Å². The van der Waals surface area contributed by atoms with Crippen molar-refractivity contribution in [2.75, 3.05) is 6.54 Å². The summed E-state index contributed by atoms with van der Waals surface area (Å²) in [6, 6.07) is 11.5. The fraction of sp³-hybridized carbons (Fsp3) is 0.211. The molecule has 0 heterocycles. The standard InChI is InChI=1S/C19H19ClFN3O4/c1-12(28-16-8-6-15(21)7-9-16)18(26)24-23-17(25)10-11-22-19(27)13-2-4-14(20)5-3-13/h2-9,12H,10-11H2,1H3,(H,22,27)(H,23,25)(H,24,26). The molecule has 0 radical (unpaired) electrons. The number of ether oxygens (including phenoxy) is 1. The summed E-state index contributed by atoms with van der Waals surface area (Å²) < 4.78 is 18.2. The van der Waals surface area contributed by atoms with Gasteiger partial charge in [0, 0.05) is 23.6 Å². The second-order valence-electron chi connectivity index (χ2n) is 5.76. The molecule has 148 valence electrons. The van der Waals surface area contributed by atoms with Crippen LogP contribution in [0.1, 0.15) is 23.7 Å². The predicted octanol–water partition coefficient (Wildman–Crippen LogP) is 2.21. The lowest BCUT2D eigenvalue weighted by Crippen LogP contribution is -2.47. The fourth-order valence-electron chi connectivity index (χ4n) is 2.06. The van der Waals surface area contributed by atoms with E-state index in [9.17, 15) is 18.8 Å². The smallest absolute Gasteiger partial charge is 0.279 e. The lowest BCUT2D eigenvalue weighted by Gasteiger charge is -2.15. The van der Waals surface area contributed by atoms with Gasteiger partial charge < -0.3 is 10.1 Å². The molecule has 9 heteroatoms. The third kappa shape index (κ3) is 6.88. The summed E-state index contributed by atoms with van der Waals surface area (Å²) in [6.07, 6.45) is -0.942. The molecule has 3 N–H and O–H groups in total. The van der Waals surface area contributed by atoms with Crippen LogP contribution in [0, 0.1) is 5.82 Å². The maximum Gasteiger partial charge on any atom is 0.279 e. The molecule has 7 nitrogen and oxygen atoms in total. The summed E-state index contributed by atoms with van der Waals surface area (Å²) in [4.78, 5) is 35.6. The van der Waals surface area contributed by atoms with Gasteiger partial charge in [0.05, 0.1) is 0 Å². The van der Waals surface area contributed by atoms with Crippen LogP contribution in [0.2, 0.25) is 5.02 Å². The fourth-order valence-corrected chi connectivity index (χ4v) is 2.19. The summed E-state index contributed by atoms with van der Waals surface area (Å²) in [5.41, 5.74) is 4.88. The van der Waals surface area contributed by atoms with Crippen LogP contribution in [0.3, 0.4) is 0 Å². The molecule has 0 bridgehead atoms. The molecule has 1 unspecified atom stereocenters. The van der Waals surface area contributed by atoms with Crippen LogP contribution in [0.15, 0.2) is 48.5 Å². The van der Waals surface area contributed by atoms with Crippen molar-refractivity contribution >= 4 is 29.3 Å². The Labute approximate surface area is 166 Å². The molecule has 0 aliphatic rings. The third-order valence-electron chi connectivity index (χ3n) is 3.56. The highest BCUT2D eigenvalue weighted by molar-refractivity contribution is 6.30. The topological polar surface area (TPSA) is 96.5 Å². The van der Waals surface area contributed by atoms with Gasteiger partial charge in [0.15, 0.2) is 6.10 Å². The Bertz CT molecular complexity index is 828. The second-order valence-corrected chi connectivity index (χ2v) is 6.20. The lowest BCUT2D eigenvalue weighted by atomic mass is 10.2. The summed E-state index contributed by atoms with van der Waals surface area (Å²) in [5, 5.41) is 3.10. The largest absolute Gasteiger partial charge is 0.481 e. The molecule has 0 aromatic heterocycles. The van der Waals surface area contributed by atoms with Crippen molar-refractivity contribution in [2.45, 2.75) is 19.4 Å². The van der Waals surface area contributed by atoms with Crippen LogP contribution in [0.25, 0.3) is 0 Å². The van der Waals surface area contributed by atoms with Crippen molar-refractivity contribution < 1.29 is 23.5 Å². The van der Waals surface area contributed by atoms with Crippen LogP contribution < -0.4 is 20.9 Å². The van der Waals surface area contributed by atoms with Crippen LogP contribution >= 0.6 is 11.6 Å². The minimum Gasteiger partial charge on any atom is -0.481 e. The van der Waals surface area contributed by atoms with Crippen LogP contribution in [0.5, 0.6) is 5.75 Å². The Balaban J connectivity index is 1.67. The predicted molar refractivity (Wildman–Crippen MR) is 101 cm³/mol. The minimum absolute atomic E-state index is 0.0349. The van der Waals surface area contributed by atoms with Crippen molar-refractivity contribution in [3.63, 3.8) is 0 Å². The molecule has 2 rings (SSSR count). The van der Waals surface area contributed by atoms with Crippen molar-refractivity contribution in [1.29, 1.82) is 0 Å². The van der Waals surface area contributed by atoms with Crippen LogP contribution in [-0.4, -0.2) is 30.4 Å². The van der Waals surface area contributed by atoms with Gasteiger partial charge in [-0.25, -0.2) is 4.39 Å². The van der Waals surface area contributed by atoms with Gasteiger partial charge >= 0.3 is 0 Å². The number of rotatable bonds is 7. The van der Waals surface area contributed by atoms with Gasteiger partial charge in [-0.1, -0.05) is 11.6 Å². The van der Waals surface area contributed by atoms with Gasteiger partial charge in [0.1, 0.15) is 11.6 Å². The number of halogens is 2. The number of carbonyl (C=O) groups is 3. The van der Waals surface area contributed by atoms with Gasteiger partial charge in [0.25, 0.3) is 11.8 Å². The number of amides is 3. The maximum absolute atomic E-state index is 12.8. The van der Waals surface area contributed by atoms with E-state index in [0.717, 1.165) is 0 Å². The molecule has 1 atom stereocenters. The number of hydrogen-bond acceptors (Lipinski definition) is 4. The number of hydrazine groups is 1. The van der Waals surface area contributed by atoms with Gasteiger partial charge in [-0.3, -0.25) is 25.2 Å². The highest BCUT2D eigenvalue weighted by Gasteiger charge is 2.15. The Morgan fingerprint density at radius 2 is 1.68 bits per heavy atom. The minimum atomic E-state index is -0.907. The first kappa shape index (κ1) is 21.2. The summed E-state index contributed by atoms with van der Waals surface area (Å²) in [5.74, 6) is -1.50. The molecular formula is C19H19ClFN3O4. The van der Waals surface area contributed by atoms with E-state index in [4.69, 9.17) is 16.3 Å². The number of hydrogen-bond donors (Lipinski definition) is 3. The molecule has 2 aromatic rings. The Kier molecular flexibility index (Phi) is 7.76. The van der Waals surface area contributed by atoms with Crippen LogP contribution in [-0.2, 0) is 9.59 Å². The molecular weight excluding hydrogens is 389 g/mol. The van der Waals surface area contributed by atoms with Crippen molar-refractivity contribution in [3.05, 3.63) is 64.9 Å². The third-order valence-corrected chi connectivity index (χ3v) is 3.82. The molecule has 3 amide bonds. The molecule has 0 saturated heterocycles. The number of benzene rings is 2. The maximum atomic E-state index is 12.8. The SMILES string of the molecule is CC(Oc1ccc(F)cc1)C(=O)NNC(=O)CCNC(=O)c1ccc(Cl)cc1. The first-order chi connectivity index (χ1) is 13.3. The van der Waals surface area contributed by atoms with E-state index in [1.807, 2.05) is 0 Å². The molecule has 0 aliphatic heterocycles. The first-order valence-electron chi connectivity index (χ1n) is 8.40. The lowest BCUT2D eigenvalue weighted by molar-refractivity contribution is -0.132. The number of carbonyl (C=O) groups excluding carboxylic acids is 3. The average molecular weight is 408 g/mol. The second kappa shape index (κ2) is 10.3. The normalized spacial score (nSPS) is 11.2. The summed E-state index contributed by atoms with van der Waals surface area (Å²) in [6.45, 7) is 1.57. The van der Waals surface area contributed by atoms with Gasteiger partial charge in [0.2, 0.25) is 5.91 Å². The Hall–Kier alpha value is -3.13. The van der Waals surface area contributed by atoms with E-state index < -0.39 is 23.7 Å². The molecule has 0 aliphatic carbocycles. The molecule has 2 aromatic carbocycles. The molecule has 0 spiro atoms. The van der Waals surface area contributed by atoms with E-state index in [0.29, 0.717) is 16.3 Å². The highest BCUT2D eigenvalue weighted by atomic mass is 35.5. The van der Waals surface area contributed by atoms with Crippen molar-refractivity contribution in [2.24, 2.45) is 0 Å². The van der Waals surface area contributed by atoms with Gasteiger partial charge in [-0.05, 0) is 55.5 Å². The van der Waals surface area contributed by atoms with E-state index in [1.165, 1.54) is 31.2 Å². The average Bonchev–Trinajstić information content (AvgIpc) is 2.68. The Morgan fingerprint density at radius 1 is 1.04 bits per heavy atom.